The molecule has 2 aliphatic rings. The SMILES string of the molecule is CC(C)(C)C1OC12CNC2. The number of hydrogen-bond donors (Lipinski definition) is 1. The molecule has 1 spiro atoms. The van der Waals surface area contributed by atoms with E-state index >= 15 is 0 Å². The van der Waals surface area contributed by atoms with Crippen LogP contribution in [-0.4, -0.2) is 24.8 Å². The minimum absolute atomic E-state index is 0.262. The molecule has 0 bridgehead atoms. The summed E-state index contributed by atoms with van der Waals surface area (Å²) < 4.78 is 5.64. The van der Waals surface area contributed by atoms with Gasteiger partial charge in [-0.2, -0.15) is 0 Å². The Balaban J connectivity index is 2.01. The molecule has 2 fully saturated rings. The second-order valence-electron chi connectivity index (χ2n) is 4.53. The van der Waals surface area contributed by atoms with Crippen LogP contribution < -0.4 is 5.32 Å². The lowest BCUT2D eigenvalue weighted by atomic mass is 9.82. The Bertz CT molecular complexity index is 155. The van der Waals surface area contributed by atoms with Crippen molar-refractivity contribution in [3.63, 3.8) is 0 Å². The molecule has 0 radical (unpaired) electrons. The van der Waals surface area contributed by atoms with E-state index < -0.39 is 0 Å². The van der Waals surface area contributed by atoms with E-state index in [0.717, 1.165) is 13.1 Å². The molecule has 0 aromatic heterocycles. The molecule has 2 heteroatoms. The van der Waals surface area contributed by atoms with Crippen LogP contribution in [0.4, 0.5) is 0 Å². The number of ether oxygens (including phenoxy) is 1. The van der Waals surface area contributed by atoms with Gasteiger partial charge in [0.25, 0.3) is 0 Å². The van der Waals surface area contributed by atoms with Crippen molar-refractivity contribution in [3.8, 4) is 0 Å². The fourth-order valence-electron chi connectivity index (χ4n) is 1.81. The lowest BCUT2D eigenvalue weighted by Gasteiger charge is -2.27. The molecule has 1 atom stereocenters. The third-order valence-electron chi connectivity index (χ3n) is 2.41. The van der Waals surface area contributed by atoms with Crippen LogP contribution in [0, 0.1) is 5.41 Å². The number of nitrogens with one attached hydrogen (secondary N) is 1. The molecule has 2 saturated heterocycles. The summed E-state index contributed by atoms with van der Waals surface area (Å²) in [6, 6.07) is 0. The van der Waals surface area contributed by atoms with E-state index in [2.05, 4.69) is 26.1 Å². The van der Waals surface area contributed by atoms with Crippen molar-refractivity contribution >= 4 is 0 Å². The quantitative estimate of drug-likeness (QED) is 0.504. The topological polar surface area (TPSA) is 24.6 Å². The molecule has 0 aromatic carbocycles. The van der Waals surface area contributed by atoms with Gasteiger partial charge in [-0.15, -0.1) is 0 Å². The van der Waals surface area contributed by atoms with Crippen LogP contribution in [0.2, 0.25) is 0 Å². The molecule has 0 amide bonds. The van der Waals surface area contributed by atoms with Gasteiger partial charge in [-0.3, -0.25) is 0 Å². The van der Waals surface area contributed by atoms with E-state index in [0.29, 0.717) is 11.5 Å². The average molecular weight is 141 g/mol. The Hall–Kier alpha value is -0.0800. The third kappa shape index (κ3) is 0.722. The highest BCUT2D eigenvalue weighted by atomic mass is 16.6. The van der Waals surface area contributed by atoms with Gasteiger partial charge in [-0.25, -0.2) is 0 Å². The van der Waals surface area contributed by atoms with Gasteiger partial charge in [-0.1, -0.05) is 20.8 Å². The normalized spacial score (nSPS) is 35.7. The molecule has 2 heterocycles. The first-order valence-electron chi connectivity index (χ1n) is 3.93. The molecule has 2 aliphatic heterocycles. The van der Waals surface area contributed by atoms with E-state index in [1.54, 1.807) is 0 Å². The fourth-order valence-corrected chi connectivity index (χ4v) is 1.81. The molecule has 0 saturated carbocycles. The summed E-state index contributed by atoms with van der Waals surface area (Å²) in [5.41, 5.74) is 0.598. The highest BCUT2D eigenvalue weighted by Crippen LogP contribution is 2.49. The second-order valence-corrected chi connectivity index (χ2v) is 4.53. The van der Waals surface area contributed by atoms with Crippen LogP contribution in [0.15, 0.2) is 0 Å². The molecule has 0 aromatic rings. The van der Waals surface area contributed by atoms with Gasteiger partial charge >= 0.3 is 0 Å². The van der Waals surface area contributed by atoms with Crippen LogP contribution in [0.1, 0.15) is 20.8 Å². The summed E-state index contributed by atoms with van der Waals surface area (Å²) in [6.07, 6.45) is 0.501. The minimum Gasteiger partial charge on any atom is -0.363 e. The molecule has 58 valence electrons. The fraction of sp³-hybridized carbons (Fsp3) is 1.00. The lowest BCUT2D eigenvalue weighted by Crippen LogP contribution is -2.53. The Kier molecular flexibility index (Phi) is 1.03. The molecular weight excluding hydrogens is 126 g/mol. The highest BCUT2D eigenvalue weighted by Gasteiger charge is 2.64. The summed E-state index contributed by atoms with van der Waals surface area (Å²) >= 11 is 0. The van der Waals surface area contributed by atoms with Gasteiger partial charge in [0, 0.05) is 13.1 Å². The van der Waals surface area contributed by atoms with Crippen molar-refractivity contribution in [3.05, 3.63) is 0 Å². The average Bonchev–Trinajstić information content (AvgIpc) is 2.30. The zero-order chi connectivity index (χ0) is 7.41. The standard InChI is InChI=1S/C8H15NO/c1-7(2,3)6-8(10-6)4-9-5-8/h6,9H,4-5H2,1-3H3. The van der Waals surface area contributed by atoms with Crippen LogP contribution in [0.5, 0.6) is 0 Å². The van der Waals surface area contributed by atoms with Gasteiger partial charge in [0.2, 0.25) is 0 Å². The minimum atomic E-state index is 0.262. The highest BCUT2D eigenvalue weighted by molar-refractivity contribution is 5.15. The van der Waals surface area contributed by atoms with Crippen molar-refractivity contribution in [2.24, 2.45) is 5.41 Å². The Labute approximate surface area is 61.9 Å². The number of hydrogen-bond acceptors (Lipinski definition) is 2. The maximum Gasteiger partial charge on any atom is 0.120 e. The molecule has 2 nitrogen and oxygen atoms in total. The maximum absolute atomic E-state index is 5.64. The van der Waals surface area contributed by atoms with Crippen LogP contribution in [0.3, 0.4) is 0 Å². The summed E-state index contributed by atoms with van der Waals surface area (Å²) in [7, 11) is 0. The van der Waals surface area contributed by atoms with Crippen molar-refractivity contribution in [2.45, 2.75) is 32.5 Å². The zero-order valence-electron chi connectivity index (χ0n) is 6.90. The van der Waals surface area contributed by atoms with E-state index in [-0.39, 0.29) is 5.60 Å². The van der Waals surface area contributed by atoms with E-state index in [9.17, 15) is 0 Å². The monoisotopic (exact) mass is 141 g/mol. The van der Waals surface area contributed by atoms with Crippen molar-refractivity contribution in [1.29, 1.82) is 0 Å². The molecule has 1 unspecified atom stereocenters. The predicted molar refractivity (Wildman–Crippen MR) is 39.9 cm³/mol. The lowest BCUT2D eigenvalue weighted by molar-refractivity contribution is 0.210. The van der Waals surface area contributed by atoms with Crippen LogP contribution in [-0.2, 0) is 4.74 Å². The van der Waals surface area contributed by atoms with Crippen molar-refractivity contribution < 1.29 is 4.74 Å². The van der Waals surface area contributed by atoms with E-state index in [4.69, 9.17) is 4.74 Å². The van der Waals surface area contributed by atoms with Crippen molar-refractivity contribution in [1.82, 2.24) is 5.32 Å². The smallest absolute Gasteiger partial charge is 0.120 e. The molecular formula is C8H15NO. The number of epoxide rings is 1. The summed E-state index contributed by atoms with van der Waals surface area (Å²) in [4.78, 5) is 0. The summed E-state index contributed by atoms with van der Waals surface area (Å²) in [5.74, 6) is 0. The number of rotatable bonds is 0. The van der Waals surface area contributed by atoms with Gasteiger partial charge < -0.3 is 10.1 Å². The van der Waals surface area contributed by atoms with E-state index in [1.165, 1.54) is 0 Å². The maximum atomic E-state index is 5.64. The largest absolute Gasteiger partial charge is 0.363 e. The van der Waals surface area contributed by atoms with Crippen LogP contribution in [0.25, 0.3) is 0 Å². The van der Waals surface area contributed by atoms with Gasteiger partial charge in [0.1, 0.15) is 5.60 Å². The van der Waals surface area contributed by atoms with Crippen LogP contribution >= 0.6 is 0 Å². The first kappa shape index (κ1) is 6.62. The first-order chi connectivity index (χ1) is 4.55. The summed E-state index contributed by atoms with van der Waals surface area (Å²) in [5, 5.41) is 3.24. The third-order valence-corrected chi connectivity index (χ3v) is 2.41. The Morgan fingerprint density at radius 1 is 1.40 bits per heavy atom. The predicted octanol–water partition coefficient (Wildman–Crippen LogP) is 0.773. The Morgan fingerprint density at radius 3 is 2.10 bits per heavy atom. The Morgan fingerprint density at radius 2 is 2.00 bits per heavy atom. The van der Waals surface area contributed by atoms with Gasteiger partial charge in [0.05, 0.1) is 6.10 Å². The molecule has 10 heavy (non-hydrogen) atoms. The zero-order valence-corrected chi connectivity index (χ0v) is 6.90. The van der Waals surface area contributed by atoms with E-state index in [1.807, 2.05) is 0 Å². The van der Waals surface area contributed by atoms with Gasteiger partial charge in [0.15, 0.2) is 0 Å². The molecule has 0 aliphatic carbocycles. The summed E-state index contributed by atoms with van der Waals surface area (Å²) in [6.45, 7) is 8.85. The molecule has 2 rings (SSSR count). The van der Waals surface area contributed by atoms with Crippen molar-refractivity contribution in [2.75, 3.05) is 13.1 Å². The first-order valence-corrected chi connectivity index (χ1v) is 3.93. The van der Waals surface area contributed by atoms with Gasteiger partial charge in [-0.05, 0) is 5.41 Å². The molecule has 1 N–H and O–H groups in total. The second kappa shape index (κ2) is 1.56.